The predicted molar refractivity (Wildman–Crippen MR) is 31.4 cm³/mol. The zero-order valence-electron chi connectivity index (χ0n) is 5.81. The number of halogens is 2. The number of aliphatic hydroxyl groups is 1. The van der Waals surface area contributed by atoms with Crippen molar-refractivity contribution in [3.05, 3.63) is 0 Å². The van der Waals surface area contributed by atoms with Crippen LogP contribution < -0.4 is 0 Å². The molecule has 10 heavy (non-hydrogen) atoms. The summed E-state index contributed by atoms with van der Waals surface area (Å²) in [5.41, 5.74) is 0. The van der Waals surface area contributed by atoms with E-state index in [0.29, 0.717) is 0 Å². The lowest BCUT2D eigenvalue weighted by atomic mass is 10.0. The van der Waals surface area contributed by atoms with Gasteiger partial charge in [0.15, 0.2) is 0 Å². The lowest BCUT2D eigenvalue weighted by Gasteiger charge is -2.20. The summed E-state index contributed by atoms with van der Waals surface area (Å²) in [6, 6.07) is 1.09. The first kappa shape index (κ1) is 9.31. The molecule has 0 fully saturated rings. The summed E-state index contributed by atoms with van der Waals surface area (Å²) in [5.74, 6) is -4.31. The molecule has 2 nitrogen and oxygen atoms in total. The maximum Gasteiger partial charge on any atom is 0.288 e. The summed E-state index contributed by atoms with van der Waals surface area (Å²) in [5, 5.41) is 16.4. The van der Waals surface area contributed by atoms with E-state index in [9.17, 15) is 8.78 Å². The highest BCUT2D eigenvalue weighted by Gasteiger charge is 2.41. The lowest BCUT2D eigenvalue weighted by Crippen LogP contribution is -2.37. The first-order valence-corrected chi connectivity index (χ1v) is 2.88. The smallest absolute Gasteiger partial charge is 0.288 e. The van der Waals surface area contributed by atoms with E-state index in [4.69, 9.17) is 10.4 Å². The van der Waals surface area contributed by atoms with Crippen molar-refractivity contribution >= 4 is 0 Å². The Morgan fingerprint density at radius 3 is 2.00 bits per heavy atom. The van der Waals surface area contributed by atoms with Crippen molar-refractivity contribution in [1.82, 2.24) is 0 Å². The van der Waals surface area contributed by atoms with Crippen LogP contribution in [0.5, 0.6) is 0 Å². The van der Waals surface area contributed by atoms with Crippen molar-refractivity contribution in [2.75, 3.05) is 0 Å². The largest absolute Gasteiger partial charge is 0.373 e. The zero-order chi connectivity index (χ0) is 8.36. The standard InChI is InChI=1S/C6H9F2NO/c1-4(2)6(7,8)5(10)3-9/h4-5,10H,1-2H3. The number of hydrogen-bond acceptors (Lipinski definition) is 2. The molecular formula is C6H9F2NO. The number of hydrogen-bond donors (Lipinski definition) is 1. The van der Waals surface area contributed by atoms with E-state index < -0.39 is 17.9 Å². The van der Waals surface area contributed by atoms with E-state index >= 15 is 0 Å². The van der Waals surface area contributed by atoms with Crippen LogP contribution in [0.15, 0.2) is 0 Å². The van der Waals surface area contributed by atoms with Crippen molar-refractivity contribution in [1.29, 1.82) is 5.26 Å². The summed E-state index contributed by atoms with van der Waals surface area (Å²) in [7, 11) is 0. The molecule has 0 saturated carbocycles. The van der Waals surface area contributed by atoms with Gasteiger partial charge < -0.3 is 5.11 Å². The average molecular weight is 149 g/mol. The molecule has 1 N–H and O–H groups in total. The number of rotatable bonds is 2. The van der Waals surface area contributed by atoms with Crippen molar-refractivity contribution in [2.45, 2.75) is 25.9 Å². The maximum absolute atomic E-state index is 12.5. The highest BCUT2D eigenvalue weighted by atomic mass is 19.3. The minimum absolute atomic E-state index is 1.01. The van der Waals surface area contributed by atoms with Gasteiger partial charge in [-0.15, -0.1) is 0 Å². The second-order valence-electron chi connectivity index (χ2n) is 2.36. The van der Waals surface area contributed by atoms with Gasteiger partial charge in [-0.05, 0) is 0 Å². The average Bonchev–Trinajstić information content (AvgIpc) is 1.86. The molecule has 1 unspecified atom stereocenters. The molecule has 1 atom stereocenters. The number of nitriles is 1. The number of nitrogens with zero attached hydrogens (tertiary/aromatic N) is 1. The SMILES string of the molecule is CC(C)C(F)(F)C(O)C#N. The number of alkyl halides is 2. The summed E-state index contributed by atoms with van der Waals surface area (Å²) in [6.45, 7) is 2.50. The molecule has 0 aromatic heterocycles. The third-order valence-electron chi connectivity index (χ3n) is 1.26. The van der Waals surface area contributed by atoms with Gasteiger partial charge in [-0.2, -0.15) is 5.26 Å². The van der Waals surface area contributed by atoms with Crippen LogP contribution in [-0.2, 0) is 0 Å². The van der Waals surface area contributed by atoms with Crippen LogP contribution >= 0.6 is 0 Å². The topological polar surface area (TPSA) is 44.0 Å². The minimum Gasteiger partial charge on any atom is -0.373 e. The molecule has 0 aromatic carbocycles. The second kappa shape index (κ2) is 2.93. The molecule has 0 amide bonds. The molecule has 0 spiro atoms. The van der Waals surface area contributed by atoms with Gasteiger partial charge in [-0.3, -0.25) is 0 Å². The van der Waals surface area contributed by atoms with Crippen LogP contribution in [0, 0.1) is 17.2 Å². The fraction of sp³-hybridized carbons (Fsp3) is 0.833. The summed E-state index contributed by atoms with van der Waals surface area (Å²) >= 11 is 0. The van der Waals surface area contributed by atoms with Crippen molar-refractivity contribution in [2.24, 2.45) is 5.92 Å². The molecule has 58 valence electrons. The Balaban J connectivity index is 4.27. The van der Waals surface area contributed by atoms with Crippen LogP contribution in [0.4, 0.5) is 8.78 Å². The van der Waals surface area contributed by atoms with Gasteiger partial charge in [-0.1, -0.05) is 13.8 Å². The second-order valence-corrected chi connectivity index (χ2v) is 2.36. The summed E-state index contributed by atoms with van der Waals surface area (Å²) in [4.78, 5) is 0. The third-order valence-corrected chi connectivity index (χ3v) is 1.26. The van der Waals surface area contributed by atoms with Gasteiger partial charge in [0, 0.05) is 5.92 Å². The van der Waals surface area contributed by atoms with E-state index in [1.165, 1.54) is 13.8 Å². The van der Waals surface area contributed by atoms with Gasteiger partial charge in [0.25, 0.3) is 5.92 Å². The zero-order valence-corrected chi connectivity index (χ0v) is 5.81. The molecule has 0 aromatic rings. The summed E-state index contributed by atoms with van der Waals surface area (Å²) in [6.07, 6.45) is -2.19. The van der Waals surface area contributed by atoms with Gasteiger partial charge >= 0.3 is 0 Å². The molecule has 0 rings (SSSR count). The van der Waals surface area contributed by atoms with Crippen molar-refractivity contribution < 1.29 is 13.9 Å². The quantitative estimate of drug-likeness (QED) is 0.599. The third kappa shape index (κ3) is 1.64. The Morgan fingerprint density at radius 2 is 1.90 bits per heavy atom. The van der Waals surface area contributed by atoms with Gasteiger partial charge in [-0.25, -0.2) is 8.78 Å². The number of aliphatic hydroxyl groups excluding tert-OH is 1. The molecule has 0 bridgehead atoms. The van der Waals surface area contributed by atoms with Crippen LogP contribution in [0.25, 0.3) is 0 Å². The maximum atomic E-state index is 12.5. The van der Waals surface area contributed by atoms with E-state index in [0.717, 1.165) is 6.07 Å². The van der Waals surface area contributed by atoms with Crippen molar-refractivity contribution in [3.8, 4) is 6.07 Å². The molecule has 4 heteroatoms. The lowest BCUT2D eigenvalue weighted by molar-refractivity contribution is -0.116. The van der Waals surface area contributed by atoms with E-state index in [1.807, 2.05) is 0 Å². The molecule has 0 heterocycles. The first-order chi connectivity index (χ1) is 4.42. The van der Waals surface area contributed by atoms with Crippen LogP contribution in [-0.4, -0.2) is 17.1 Å². The monoisotopic (exact) mass is 149 g/mol. The molecule has 0 radical (unpaired) electrons. The Kier molecular flexibility index (Phi) is 2.73. The Bertz CT molecular complexity index is 150. The van der Waals surface area contributed by atoms with Crippen LogP contribution in [0.1, 0.15) is 13.8 Å². The molecule has 0 aliphatic rings. The van der Waals surface area contributed by atoms with Crippen LogP contribution in [0.2, 0.25) is 0 Å². The predicted octanol–water partition coefficient (Wildman–Crippen LogP) is 1.16. The first-order valence-electron chi connectivity index (χ1n) is 2.88. The van der Waals surface area contributed by atoms with Crippen LogP contribution in [0.3, 0.4) is 0 Å². The Morgan fingerprint density at radius 1 is 1.50 bits per heavy atom. The highest BCUT2D eigenvalue weighted by Crippen LogP contribution is 2.27. The molecule has 0 saturated heterocycles. The van der Waals surface area contributed by atoms with Gasteiger partial charge in [0.2, 0.25) is 6.10 Å². The Labute approximate surface area is 58.1 Å². The minimum atomic E-state index is -3.30. The highest BCUT2D eigenvalue weighted by molar-refractivity contribution is 4.94. The van der Waals surface area contributed by atoms with E-state index in [1.54, 1.807) is 0 Å². The fourth-order valence-corrected chi connectivity index (χ4v) is 0.402. The summed E-state index contributed by atoms with van der Waals surface area (Å²) < 4.78 is 24.9. The fourth-order valence-electron chi connectivity index (χ4n) is 0.402. The normalized spacial score (nSPS) is 14.9. The van der Waals surface area contributed by atoms with E-state index in [-0.39, 0.29) is 0 Å². The van der Waals surface area contributed by atoms with E-state index in [2.05, 4.69) is 0 Å². The molecule has 0 aliphatic carbocycles. The van der Waals surface area contributed by atoms with Crippen molar-refractivity contribution in [3.63, 3.8) is 0 Å². The molecular weight excluding hydrogens is 140 g/mol. The van der Waals surface area contributed by atoms with Gasteiger partial charge in [0.05, 0.1) is 0 Å². The Hall–Kier alpha value is -0.690. The van der Waals surface area contributed by atoms with Gasteiger partial charge in [0.1, 0.15) is 6.07 Å². The molecule has 0 aliphatic heterocycles.